The minimum atomic E-state index is 0.632. The Hall–Kier alpha value is -2.07. The Bertz CT molecular complexity index is 706. The van der Waals surface area contributed by atoms with E-state index in [9.17, 15) is 0 Å². The van der Waals surface area contributed by atoms with Gasteiger partial charge in [0.15, 0.2) is 0 Å². The van der Waals surface area contributed by atoms with E-state index in [1.54, 1.807) is 11.3 Å². The lowest BCUT2D eigenvalue weighted by molar-refractivity contribution is 0.486. The predicted octanol–water partition coefficient (Wildman–Crippen LogP) is 3.98. The molecule has 0 atom stereocenters. The van der Waals surface area contributed by atoms with E-state index in [2.05, 4.69) is 4.98 Å². The Morgan fingerprint density at radius 3 is 2.83 bits per heavy atom. The number of fused-ring (bicyclic) bond motifs is 1. The van der Waals surface area contributed by atoms with Crippen LogP contribution >= 0.6 is 11.3 Å². The zero-order valence-corrected chi connectivity index (χ0v) is 10.7. The first kappa shape index (κ1) is 11.0. The number of thiazole rings is 1. The van der Waals surface area contributed by atoms with Gasteiger partial charge in [-0.15, -0.1) is 11.3 Å². The first-order valence-corrected chi connectivity index (χ1v) is 6.43. The zero-order valence-electron chi connectivity index (χ0n) is 9.88. The van der Waals surface area contributed by atoms with Crippen molar-refractivity contribution >= 4 is 27.2 Å². The first-order valence-electron chi connectivity index (χ1n) is 5.62. The fourth-order valence-electron chi connectivity index (χ4n) is 1.79. The molecule has 2 N–H and O–H groups in total. The Labute approximate surface area is 109 Å². The van der Waals surface area contributed by atoms with Crippen LogP contribution in [0.15, 0.2) is 42.5 Å². The fourth-order valence-corrected chi connectivity index (χ4v) is 2.59. The van der Waals surface area contributed by atoms with Crippen molar-refractivity contribution in [2.75, 3.05) is 5.73 Å². The molecule has 2 aromatic carbocycles. The molecule has 3 rings (SSSR count). The fraction of sp³-hybridized carbons (Fsp3) is 0.0714. The van der Waals surface area contributed by atoms with Crippen molar-refractivity contribution in [3.8, 4) is 11.5 Å². The molecule has 0 bridgehead atoms. The second kappa shape index (κ2) is 4.31. The quantitative estimate of drug-likeness (QED) is 0.705. The summed E-state index contributed by atoms with van der Waals surface area (Å²) in [4.78, 5) is 4.45. The molecule has 0 saturated heterocycles. The summed E-state index contributed by atoms with van der Waals surface area (Å²) in [5, 5.41) is 1.06. The molecule has 0 fully saturated rings. The van der Waals surface area contributed by atoms with Crippen LogP contribution in [0.25, 0.3) is 10.2 Å². The highest BCUT2D eigenvalue weighted by Gasteiger charge is 2.04. The molecular weight excluding hydrogens is 244 g/mol. The van der Waals surface area contributed by atoms with Crippen LogP contribution in [-0.4, -0.2) is 4.98 Å². The monoisotopic (exact) mass is 256 g/mol. The molecule has 0 radical (unpaired) electrons. The normalized spacial score (nSPS) is 10.7. The van der Waals surface area contributed by atoms with Gasteiger partial charge in [0.1, 0.15) is 11.5 Å². The van der Waals surface area contributed by atoms with E-state index in [-0.39, 0.29) is 0 Å². The highest BCUT2D eigenvalue weighted by Crippen LogP contribution is 2.30. The number of hydrogen-bond acceptors (Lipinski definition) is 4. The van der Waals surface area contributed by atoms with Crippen LogP contribution in [-0.2, 0) is 0 Å². The third kappa shape index (κ3) is 2.02. The van der Waals surface area contributed by atoms with Crippen LogP contribution in [0.1, 0.15) is 5.01 Å². The highest BCUT2D eigenvalue weighted by molar-refractivity contribution is 7.18. The lowest BCUT2D eigenvalue weighted by atomic mass is 10.3. The molecule has 0 unspecified atom stereocenters. The Balaban J connectivity index is 1.97. The van der Waals surface area contributed by atoms with Gasteiger partial charge in [-0.05, 0) is 31.2 Å². The summed E-state index contributed by atoms with van der Waals surface area (Å²) in [6, 6.07) is 13.4. The van der Waals surface area contributed by atoms with E-state index < -0.39 is 0 Å². The Kier molecular flexibility index (Phi) is 2.64. The summed E-state index contributed by atoms with van der Waals surface area (Å²) in [5.74, 6) is 1.43. The van der Waals surface area contributed by atoms with Gasteiger partial charge >= 0.3 is 0 Å². The van der Waals surface area contributed by atoms with Crippen molar-refractivity contribution < 1.29 is 4.74 Å². The van der Waals surface area contributed by atoms with Crippen LogP contribution in [0.3, 0.4) is 0 Å². The van der Waals surface area contributed by atoms with E-state index in [1.165, 1.54) is 4.70 Å². The molecule has 4 heteroatoms. The van der Waals surface area contributed by atoms with Crippen LogP contribution in [0.2, 0.25) is 0 Å². The predicted molar refractivity (Wildman–Crippen MR) is 75.3 cm³/mol. The summed E-state index contributed by atoms with van der Waals surface area (Å²) >= 11 is 1.68. The van der Waals surface area contributed by atoms with Crippen LogP contribution in [0.4, 0.5) is 5.69 Å². The Morgan fingerprint density at radius 1 is 1.17 bits per heavy atom. The van der Waals surface area contributed by atoms with Crippen LogP contribution in [0, 0.1) is 6.92 Å². The molecule has 3 aromatic rings. The molecule has 90 valence electrons. The minimum absolute atomic E-state index is 0.632. The largest absolute Gasteiger partial charge is 0.455 e. The number of ether oxygens (including phenoxy) is 1. The smallest absolute Gasteiger partial charge is 0.150 e. The first-order chi connectivity index (χ1) is 8.72. The maximum absolute atomic E-state index is 5.85. The van der Waals surface area contributed by atoms with E-state index in [1.807, 2.05) is 49.4 Å². The number of para-hydroxylation sites is 2. The maximum atomic E-state index is 5.85. The van der Waals surface area contributed by atoms with E-state index in [0.29, 0.717) is 11.4 Å². The number of nitrogens with zero attached hydrogens (tertiary/aromatic N) is 1. The average Bonchev–Trinajstić information content (AvgIpc) is 2.71. The zero-order chi connectivity index (χ0) is 12.5. The van der Waals surface area contributed by atoms with Crippen molar-refractivity contribution in [3.05, 3.63) is 47.5 Å². The van der Waals surface area contributed by atoms with E-state index in [0.717, 1.165) is 16.3 Å². The molecule has 1 heterocycles. The molecule has 0 aliphatic heterocycles. The molecule has 0 aliphatic rings. The van der Waals surface area contributed by atoms with Crippen molar-refractivity contribution in [1.82, 2.24) is 4.98 Å². The van der Waals surface area contributed by atoms with Gasteiger partial charge in [-0.2, -0.15) is 0 Å². The van der Waals surface area contributed by atoms with Crippen LogP contribution < -0.4 is 10.5 Å². The Morgan fingerprint density at radius 2 is 2.00 bits per heavy atom. The summed E-state index contributed by atoms with van der Waals surface area (Å²) < 4.78 is 6.93. The van der Waals surface area contributed by atoms with Crippen molar-refractivity contribution in [2.24, 2.45) is 0 Å². The van der Waals surface area contributed by atoms with Crippen LogP contribution in [0.5, 0.6) is 11.5 Å². The van der Waals surface area contributed by atoms with Gasteiger partial charge in [-0.3, -0.25) is 0 Å². The molecule has 18 heavy (non-hydrogen) atoms. The van der Waals surface area contributed by atoms with Gasteiger partial charge in [-0.25, -0.2) is 4.98 Å². The second-order valence-electron chi connectivity index (χ2n) is 4.00. The number of benzene rings is 2. The second-order valence-corrected chi connectivity index (χ2v) is 5.24. The van der Waals surface area contributed by atoms with Crippen molar-refractivity contribution in [1.29, 1.82) is 0 Å². The lowest BCUT2D eigenvalue weighted by Gasteiger charge is -2.07. The van der Waals surface area contributed by atoms with E-state index >= 15 is 0 Å². The summed E-state index contributed by atoms with van der Waals surface area (Å²) in [5.41, 5.74) is 7.44. The van der Waals surface area contributed by atoms with E-state index in [4.69, 9.17) is 10.5 Å². The number of rotatable bonds is 2. The minimum Gasteiger partial charge on any atom is -0.455 e. The van der Waals surface area contributed by atoms with Gasteiger partial charge < -0.3 is 10.5 Å². The number of hydrogen-bond donors (Lipinski definition) is 1. The SMILES string of the molecule is Cc1nc2cc(Oc3ccccc3N)ccc2s1. The molecular formula is C14H12N2OS. The third-order valence-corrected chi connectivity index (χ3v) is 3.56. The van der Waals surface area contributed by atoms with Gasteiger partial charge in [0.05, 0.1) is 20.9 Å². The lowest BCUT2D eigenvalue weighted by Crippen LogP contribution is -1.91. The number of aromatic nitrogens is 1. The number of nitrogens with two attached hydrogens (primary N) is 1. The molecule has 3 nitrogen and oxygen atoms in total. The standard InChI is InChI=1S/C14H12N2OS/c1-9-16-12-8-10(6-7-14(12)18-9)17-13-5-3-2-4-11(13)15/h2-8H,15H2,1H3. The average molecular weight is 256 g/mol. The molecule has 0 amide bonds. The summed E-state index contributed by atoms with van der Waals surface area (Å²) in [6.45, 7) is 2.00. The molecule has 0 aliphatic carbocycles. The third-order valence-electron chi connectivity index (χ3n) is 2.61. The van der Waals surface area contributed by atoms with Gasteiger partial charge in [0.25, 0.3) is 0 Å². The highest BCUT2D eigenvalue weighted by atomic mass is 32.1. The molecule has 1 aromatic heterocycles. The van der Waals surface area contributed by atoms with Gasteiger partial charge in [0, 0.05) is 6.07 Å². The maximum Gasteiger partial charge on any atom is 0.150 e. The van der Waals surface area contributed by atoms with Gasteiger partial charge in [-0.1, -0.05) is 12.1 Å². The van der Waals surface area contributed by atoms with Crippen molar-refractivity contribution in [2.45, 2.75) is 6.92 Å². The number of anilines is 1. The topological polar surface area (TPSA) is 48.1 Å². The molecule has 0 spiro atoms. The molecule has 0 saturated carbocycles. The summed E-state index contributed by atoms with van der Waals surface area (Å²) in [7, 11) is 0. The van der Waals surface area contributed by atoms with Gasteiger partial charge in [0.2, 0.25) is 0 Å². The number of nitrogen functional groups attached to an aromatic ring is 1. The summed E-state index contributed by atoms with van der Waals surface area (Å²) in [6.07, 6.45) is 0. The van der Waals surface area contributed by atoms with Crippen molar-refractivity contribution in [3.63, 3.8) is 0 Å². The number of aryl methyl sites for hydroxylation is 1.